The Bertz CT molecular complexity index is 885. The maximum absolute atomic E-state index is 13.9. The molecule has 124 valence electrons. The second-order valence-electron chi connectivity index (χ2n) is 5.87. The molecule has 0 spiro atoms. The largest absolute Gasteiger partial charge is 0.344 e. The van der Waals surface area contributed by atoms with Gasteiger partial charge in [-0.3, -0.25) is 4.79 Å². The lowest BCUT2D eigenvalue weighted by Crippen LogP contribution is -2.40. The van der Waals surface area contributed by atoms with Gasteiger partial charge in [-0.25, -0.2) is 4.39 Å². The molecule has 1 aromatic carbocycles. The summed E-state index contributed by atoms with van der Waals surface area (Å²) in [5.74, 6) is 0.276. The lowest BCUT2D eigenvalue weighted by molar-refractivity contribution is -0.120. The predicted octanol–water partition coefficient (Wildman–Crippen LogP) is 3.98. The third-order valence-corrected chi connectivity index (χ3v) is 4.54. The summed E-state index contributed by atoms with van der Waals surface area (Å²) in [4.78, 5) is 17.2. The van der Waals surface area contributed by atoms with Gasteiger partial charge >= 0.3 is 0 Å². The van der Waals surface area contributed by atoms with Gasteiger partial charge in [0.1, 0.15) is 5.82 Å². The zero-order valence-corrected chi connectivity index (χ0v) is 14.3. The van der Waals surface area contributed by atoms with E-state index in [2.05, 4.69) is 15.5 Å². The van der Waals surface area contributed by atoms with Gasteiger partial charge in [0.05, 0.1) is 10.4 Å². The lowest BCUT2D eigenvalue weighted by atomic mass is 10.1. The zero-order valence-electron chi connectivity index (χ0n) is 13.5. The van der Waals surface area contributed by atoms with Crippen LogP contribution in [0.3, 0.4) is 0 Å². The SMILES string of the molecule is CC(=O)NC(C)(C)c1noc(-c2ccc(-c3ccccc3F)s2)n1. The van der Waals surface area contributed by atoms with Crippen LogP contribution in [0.25, 0.3) is 21.2 Å². The van der Waals surface area contributed by atoms with Crippen molar-refractivity contribution >= 4 is 17.2 Å². The molecule has 0 bridgehead atoms. The van der Waals surface area contributed by atoms with Crippen LogP contribution in [0.2, 0.25) is 0 Å². The van der Waals surface area contributed by atoms with Gasteiger partial charge in [0, 0.05) is 17.4 Å². The van der Waals surface area contributed by atoms with Crippen molar-refractivity contribution in [3.8, 4) is 21.2 Å². The monoisotopic (exact) mass is 345 g/mol. The second-order valence-corrected chi connectivity index (χ2v) is 6.96. The second kappa shape index (κ2) is 6.16. The third kappa shape index (κ3) is 3.21. The Kier molecular flexibility index (Phi) is 4.19. The van der Waals surface area contributed by atoms with E-state index < -0.39 is 5.54 Å². The maximum Gasteiger partial charge on any atom is 0.268 e. The maximum atomic E-state index is 13.9. The first-order chi connectivity index (χ1) is 11.4. The van der Waals surface area contributed by atoms with Gasteiger partial charge in [-0.05, 0) is 32.0 Å². The van der Waals surface area contributed by atoms with E-state index in [1.54, 1.807) is 32.0 Å². The van der Waals surface area contributed by atoms with Crippen LogP contribution in [0.4, 0.5) is 4.39 Å². The van der Waals surface area contributed by atoms with Crippen LogP contribution in [-0.4, -0.2) is 16.0 Å². The number of nitrogens with zero attached hydrogens (tertiary/aromatic N) is 2. The fraction of sp³-hybridized carbons (Fsp3) is 0.235. The first-order valence-corrected chi connectivity index (χ1v) is 8.16. The Morgan fingerprint density at radius 1 is 1.21 bits per heavy atom. The van der Waals surface area contributed by atoms with Crippen molar-refractivity contribution in [2.75, 3.05) is 0 Å². The van der Waals surface area contributed by atoms with E-state index >= 15 is 0 Å². The summed E-state index contributed by atoms with van der Waals surface area (Å²) < 4.78 is 19.2. The minimum atomic E-state index is -0.737. The number of rotatable bonds is 4. The molecule has 5 nitrogen and oxygen atoms in total. The average Bonchev–Trinajstić information content (AvgIpc) is 3.16. The number of hydrogen-bond acceptors (Lipinski definition) is 5. The Balaban J connectivity index is 1.89. The highest BCUT2D eigenvalue weighted by Crippen LogP contribution is 2.35. The topological polar surface area (TPSA) is 68.0 Å². The van der Waals surface area contributed by atoms with E-state index in [1.165, 1.54) is 24.3 Å². The number of halogens is 1. The van der Waals surface area contributed by atoms with E-state index in [0.717, 1.165) is 9.75 Å². The van der Waals surface area contributed by atoms with Crippen LogP contribution in [0.15, 0.2) is 40.9 Å². The molecule has 0 atom stereocenters. The van der Waals surface area contributed by atoms with Crippen LogP contribution in [-0.2, 0) is 10.3 Å². The standard InChI is InChI=1S/C17H16FN3O2S/c1-10(22)20-17(2,3)16-19-15(23-21-16)14-9-8-13(24-14)11-6-4-5-7-12(11)18/h4-9H,1-3H3,(H,20,22). The molecule has 0 fully saturated rings. The van der Waals surface area contributed by atoms with Crippen molar-refractivity contribution < 1.29 is 13.7 Å². The molecule has 1 amide bonds. The normalized spacial score (nSPS) is 11.5. The lowest BCUT2D eigenvalue weighted by Gasteiger charge is -2.20. The minimum absolute atomic E-state index is 0.177. The highest BCUT2D eigenvalue weighted by Gasteiger charge is 2.28. The highest BCUT2D eigenvalue weighted by molar-refractivity contribution is 7.18. The van der Waals surface area contributed by atoms with Crippen LogP contribution in [0, 0.1) is 5.82 Å². The number of benzene rings is 1. The van der Waals surface area contributed by atoms with Gasteiger partial charge < -0.3 is 9.84 Å². The highest BCUT2D eigenvalue weighted by atomic mass is 32.1. The van der Waals surface area contributed by atoms with Gasteiger partial charge in [-0.2, -0.15) is 4.98 Å². The minimum Gasteiger partial charge on any atom is -0.344 e. The van der Waals surface area contributed by atoms with Crippen molar-refractivity contribution in [1.29, 1.82) is 0 Å². The van der Waals surface area contributed by atoms with Gasteiger partial charge in [0.25, 0.3) is 5.89 Å². The molecular weight excluding hydrogens is 329 g/mol. The summed E-state index contributed by atoms with van der Waals surface area (Å²) in [6, 6.07) is 10.2. The smallest absolute Gasteiger partial charge is 0.268 e. The van der Waals surface area contributed by atoms with Crippen LogP contribution >= 0.6 is 11.3 Å². The van der Waals surface area contributed by atoms with Crippen LogP contribution < -0.4 is 5.32 Å². The average molecular weight is 345 g/mol. The fourth-order valence-electron chi connectivity index (χ4n) is 2.33. The fourth-order valence-corrected chi connectivity index (χ4v) is 3.29. The van der Waals surface area contributed by atoms with Crippen molar-refractivity contribution in [1.82, 2.24) is 15.5 Å². The van der Waals surface area contributed by atoms with Crippen molar-refractivity contribution in [3.63, 3.8) is 0 Å². The van der Waals surface area contributed by atoms with E-state index in [9.17, 15) is 9.18 Å². The van der Waals surface area contributed by atoms with E-state index in [1.807, 2.05) is 12.1 Å². The number of hydrogen-bond donors (Lipinski definition) is 1. The summed E-state index contributed by atoms with van der Waals surface area (Å²) in [5, 5.41) is 6.72. The summed E-state index contributed by atoms with van der Waals surface area (Å²) in [5.41, 5.74) is -0.203. The van der Waals surface area contributed by atoms with Gasteiger partial charge in [-0.15, -0.1) is 11.3 Å². The molecule has 7 heteroatoms. The first-order valence-electron chi connectivity index (χ1n) is 7.35. The molecule has 0 saturated heterocycles. The first kappa shape index (κ1) is 16.3. The summed E-state index contributed by atoms with van der Waals surface area (Å²) in [6.45, 7) is 5.02. The molecule has 0 saturated carbocycles. The Morgan fingerprint density at radius 2 is 1.92 bits per heavy atom. The molecule has 0 aliphatic heterocycles. The summed E-state index contributed by atoms with van der Waals surface area (Å²) in [7, 11) is 0. The van der Waals surface area contributed by atoms with Crippen LogP contribution in [0.1, 0.15) is 26.6 Å². The van der Waals surface area contributed by atoms with Gasteiger partial charge in [-0.1, -0.05) is 23.4 Å². The van der Waals surface area contributed by atoms with Crippen LogP contribution in [0.5, 0.6) is 0 Å². The van der Waals surface area contributed by atoms with E-state index in [0.29, 0.717) is 17.3 Å². The Hall–Kier alpha value is -2.54. The van der Waals surface area contributed by atoms with Crippen molar-refractivity contribution in [3.05, 3.63) is 48.0 Å². The molecule has 0 aliphatic rings. The Labute approximate surface area is 142 Å². The number of carbonyl (C=O) groups is 1. The molecule has 0 unspecified atom stereocenters. The predicted molar refractivity (Wildman–Crippen MR) is 89.8 cm³/mol. The summed E-state index contributed by atoms with van der Waals surface area (Å²) >= 11 is 1.37. The van der Waals surface area contributed by atoms with E-state index in [4.69, 9.17) is 4.52 Å². The summed E-state index contributed by atoms with van der Waals surface area (Å²) in [6.07, 6.45) is 0. The molecule has 3 aromatic rings. The third-order valence-electron chi connectivity index (χ3n) is 3.43. The van der Waals surface area contributed by atoms with Crippen molar-refractivity contribution in [2.24, 2.45) is 0 Å². The number of thiophene rings is 1. The number of carbonyl (C=O) groups excluding carboxylic acids is 1. The quantitative estimate of drug-likeness (QED) is 0.777. The molecule has 2 heterocycles. The Morgan fingerprint density at radius 3 is 2.62 bits per heavy atom. The number of aromatic nitrogens is 2. The molecular formula is C17H16FN3O2S. The molecule has 3 rings (SSSR count). The number of amides is 1. The van der Waals surface area contributed by atoms with Crippen molar-refractivity contribution in [2.45, 2.75) is 26.3 Å². The molecule has 0 aliphatic carbocycles. The van der Waals surface area contributed by atoms with Gasteiger partial charge in [0.15, 0.2) is 5.82 Å². The molecule has 24 heavy (non-hydrogen) atoms. The molecule has 2 aromatic heterocycles. The zero-order chi connectivity index (χ0) is 17.3. The number of nitrogens with one attached hydrogen (secondary N) is 1. The molecule has 0 radical (unpaired) electrons. The van der Waals surface area contributed by atoms with Gasteiger partial charge in [0.2, 0.25) is 5.91 Å². The van der Waals surface area contributed by atoms with E-state index in [-0.39, 0.29) is 11.7 Å². The molecule has 1 N–H and O–H groups in total.